The number of amides is 1. The van der Waals surface area contributed by atoms with Crippen LogP contribution >= 0.6 is 23.2 Å². The lowest BCUT2D eigenvalue weighted by atomic mass is 10.0. The summed E-state index contributed by atoms with van der Waals surface area (Å²) in [5.41, 5.74) is 7.75. The standard InChI is InChI=1S/C15H18Cl2N2O/c1-10-11(5-6-13(18)20)9-12(16)15(14(10)17)19-7-3-2-4-8-19/h5-6,9H,2-4,7-8H2,1H3,(H2,18,20)/b6-5-. The van der Waals surface area contributed by atoms with E-state index in [0.717, 1.165) is 42.7 Å². The molecule has 0 aromatic heterocycles. The van der Waals surface area contributed by atoms with Gasteiger partial charge in [0.25, 0.3) is 0 Å². The van der Waals surface area contributed by atoms with Crippen molar-refractivity contribution in [3.05, 3.63) is 33.3 Å². The Morgan fingerprint density at radius 2 is 1.95 bits per heavy atom. The van der Waals surface area contributed by atoms with Crippen molar-refractivity contribution in [2.45, 2.75) is 26.2 Å². The smallest absolute Gasteiger partial charge is 0.241 e. The molecule has 1 amide bonds. The van der Waals surface area contributed by atoms with E-state index in [1.807, 2.05) is 13.0 Å². The molecule has 1 fully saturated rings. The molecule has 0 bridgehead atoms. The first kappa shape index (κ1) is 15.2. The number of hydrogen-bond donors (Lipinski definition) is 1. The number of nitrogens with two attached hydrogens (primary N) is 1. The van der Waals surface area contributed by atoms with Crippen LogP contribution < -0.4 is 10.6 Å². The minimum atomic E-state index is -0.489. The van der Waals surface area contributed by atoms with E-state index in [4.69, 9.17) is 28.9 Å². The first-order valence-corrected chi connectivity index (χ1v) is 7.47. The molecule has 5 heteroatoms. The zero-order valence-corrected chi connectivity index (χ0v) is 13.0. The number of halogens is 2. The predicted molar refractivity (Wildman–Crippen MR) is 85.5 cm³/mol. The van der Waals surface area contributed by atoms with Gasteiger partial charge in [0.1, 0.15) is 0 Å². The highest BCUT2D eigenvalue weighted by Crippen LogP contribution is 2.39. The number of benzene rings is 1. The number of hydrogen-bond acceptors (Lipinski definition) is 2. The maximum absolute atomic E-state index is 10.8. The van der Waals surface area contributed by atoms with Gasteiger partial charge in [-0.3, -0.25) is 4.79 Å². The predicted octanol–water partition coefficient (Wildman–Crippen LogP) is 3.79. The number of piperidine rings is 1. The van der Waals surface area contributed by atoms with E-state index in [1.165, 1.54) is 12.5 Å². The Morgan fingerprint density at radius 3 is 2.55 bits per heavy atom. The van der Waals surface area contributed by atoms with Crippen LogP contribution in [0.25, 0.3) is 6.08 Å². The summed E-state index contributed by atoms with van der Waals surface area (Å²) in [6.45, 7) is 3.89. The number of nitrogens with zero attached hydrogens (tertiary/aromatic N) is 1. The Bertz CT molecular complexity index is 549. The Kier molecular flexibility index (Phi) is 4.95. The molecular formula is C15H18Cl2N2O. The third-order valence-electron chi connectivity index (χ3n) is 3.58. The Morgan fingerprint density at radius 1 is 1.30 bits per heavy atom. The third-order valence-corrected chi connectivity index (χ3v) is 4.33. The van der Waals surface area contributed by atoms with Crippen LogP contribution in [0.15, 0.2) is 12.1 Å². The topological polar surface area (TPSA) is 46.3 Å². The molecule has 1 aliphatic rings. The molecule has 0 spiro atoms. The Balaban J connectivity index is 2.40. The van der Waals surface area contributed by atoms with Crippen LogP contribution in [0.2, 0.25) is 10.0 Å². The van der Waals surface area contributed by atoms with Crippen molar-refractivity contribution in [1.29, 1.82) is 0 Å². The molecular weight excluding hydrogens is 295 g/mol. The van der Waals surface area contributed by atoms with Gasteiger partial charge in [0.05, 0.1) is 15.7 Å². The highest BCUT2D eigenvalue weighted by molar-refractivity contribution is 6.40. The van der Waals surface area contributed by atoms with Gasteiger partial charge >= 0.3 is 0 Å². The number of rotatable bonds is 3. The van der Waals surface area contributed by atoms with Crippen LogP contribution in [0.1, 0.15) is 30.4 Å². The number of carbonyl (C=O) groups is 1. The molecule has 1 saturated heterocycles. The molecule has 2 N–H and O–H groups in total. The SMILES string of the molecule is Cc1c(/C=C\C(N)=O)cc(Cl)c(N2CCCCC2)c1Cl. The van der Waals surface area contributed by atoms with Crippen molar-refractivity contribution in [3.63, 3.8) is 0 Å². The highest BCUT2D eigenvalue weighted by Gasteiger charge is 2.19. The minimum Gasteiger partial charge on any atom is -0.369 e. The average molecular weight is 313 g/mol. The van der Waals surface area contributed by atoms with Crippen LogP contribution in [0.4, 0.5) is 5.69 Å². The van der Waals surface area contributed by atoms with Crippen LogP contribution in [0, 0.1) is 6.92 Å². The van der Waals surface area contributed by atoms with Crippen molar-refractivity contribution in [2.75, 3.05) is 18.0 Å². The van der Waals surface area contributed by atoms with Gasteiger partial charge in [-0.25, -0.2) is 0 Å². The summed E-state index contributed by atoms with van der Waals surface area (Å²) in [5.74, 6) is -0.489. The summed E-state index contributed by atoms with van der Waals surface area (Å²) in [5, 5.41) is 1.27. The second-order valence-corrected chi connectivity index (χ2v) is 5.80. The van der Waals surface area contributed by atoms with E-state index in [2.05, 4.69) is 4.90 Å². The summed E-state index contributed by atoms with van der Waals surface area (Å²) >= 11 is 12.9. The fourth-order valence-corrected chi connectivity index (χ4v) is 3.19. The molecule has 0 aliphatic carbocycles. The second kappa shape index (κ2) is 6.51. The van der Waals surface area contributed by atoms with Crippen LogP contribution in [0.3, 0.4) is 0 Å². The van der Waals surface area contributed by atoms with Crippen molar-refractivity contribution in [3.8, 4) is 0 Å². The largest absolute Gasteiger partial charge is 0.369 e. The molecule has 0 unspecified atom stereocenters. The maximum atomic E-state index is 10.8. The normalized spacial score (nSPS) is 15.8. The summed E-state index contributed by atoms with van der Waals surface area (Å²) in [6.07, 6.45) is 6.54. The molecule has 1 heterocycles. The Labute approximate surface area is 129 Å². The van der Waals surface area contributed by atoms with Gasteiger partial charge in [-0.15, -0.1) is 0 Å². The molecule has 0 radical (unpaired) electrons. The van der Waals surface area contributed by atoms with Crippen molar-refractivity contribution >= 4 is 40.9 Å². The van der Waals surface area contributed by atoms with Gasteiger partial charge in [0.2, 0.25) is 5.91 Å². The molecule has 1 aromatic rings. The van der Waals surface area contributed by atoms with Crippen molar-refractivity contribution in [2.24, 2.45) is 5.73 Å². The van der Waals surface area contributed by atoms with Crippen LogP contribution in [-0.4, -0.2) is 19.0 Å². The first-order valence-electron chi connectivity index (χ1n) is 6.71. The van der Waals surface area contributed by atoms with E-state index in [-0.39, 0.29) is 0 Å². The summed E-state index contributed by atoms with van der Waals surface area (Å²) < 4.78 is 0. The van der Waals surface area contributed by atoms with Gasteiger partial charge in [0.15, 0.2) is 0 Å². The van der Waals surface area contributed by atoms with E-state index < -0.39 is 5.91 Å². The maximum Gasteiger partial charge on any atom is 0.241 e. The zero-order chi connectivity index (χ0) is 14.7. The minimum absolute atomic E-state index is 0.489. The average Bonchev–Trinajstić information content (AvgIpc) is 2.42. The van der Waals surface area contributed by atoms with Crippen molar-refractivity contribution in [1.82, 2.24) is 0 Å². The monoisotopic (exact) mass is 312 g/mol. The van der Waals surface area contributed by atoms with E-state index in [9.17, 15) is 4.79 Å². The summed E-state index contributed by atoms with van der Waals surface area (Å²) in [4.78, 5) is 13.1. The first-order chi connectivity index (χ1) is 9.50. The zero-order valence-electron chi connectivity index (χ0n) is 11.5. The molecule has 3 nitrogen and oxygen atoms in total. The van der Waals surface area contributed by atoms with E-state index in [1.54, 1.807) is 6.08 Å². The van der Waals surface area contributed by atoms with Gasteiger partial charge in [-0.1, -0.05) is 23.2 Å². The molecule has 0 atom stereocenters. The number of carbonyl (C=O) groups excluding carboxylic acids is 1. The molecule has 20 heavy (non-hydrogen) atoms. The molecule has 108 valence electrons. The molecule has 1 aromatic carbocycles. The van der Waals surface area contributed by atoms with Gasteiger partial charge < -0.3 is 10.6 Å². The molecule has 0 saturated carbocycles. The van der Waals surface area contributed by atoms with E-state index in [0.29, 0.717) is 10.0 Å². The lowest BCUT2D eigenvalue weighted by Crippen LogP contribution is -2.30. The van der Waals surface area contributed by atoms with Crippen molar-refractivity contribution < 1.29 is 4.79 Å². The molecule has 1 aliphatic heterocycles. The second-order valence-electron chi connectivity index (χ2n) is 5.02. The van der Waals surface area contributed by atoms with Gasteiger partial charge in [-0.05, 0) is 49.5 Å². The lowest BCUT2D eigenvalue weighted by Gasteiger charge is -2.31. The highest BCUT2D eigenvalue weighted by atomic mass is 35.5. The lowest BCUT2D eigenvalue weighted by molar-refractivity contribution is -0.113. The fraction of sp³-hybridized carbons (Fsp3) is 0.400. The van der Waals surface area contributed by atoms with Gasteiger partial charge in [0, 0.05) is 19.2 Å². The quantitative estimate of drug-likeness (QED) is 0.863. The third kappa shape index (κ3) is 3.28. The van der Waals surface area contributed by atoms with Gasteiger partial charge in [-0.2, -0.15) is 0 Å². The number of anilines is 1. The van der Waals surface area contributed by atoms with Crippen LogP contribution in [0.5, 0.6) is 0 Å². The molecule has 2 rings (SSSR count). The van der Waals surface area contributed by atoms with Crippen LogP contribution in [-0.2, 0) is 4.79 Å². The Hall–Kier alpha value is -1.19. The number of primary amides is 1. The van der Waals surface area contributed by atoms with E-state index >= 15 is 0 Å². The summed E-state index contributed by atoms with van der Waals surface area (Å²) in [7, 11) is 0. The fourth-order valence-electron chi connectivity index (χ4n) is 2.47. The summed E-state index contributed by atoms with van der Waals surface area (Å²) in [6, 6.07) is 1.84.